The number of nitrogens with zero attached hydrogens (tertiary/aromatic N) is 2. The minimum absolute atomic E-state index is 0.0354. The van der Waals surface area contributed by atoms with E-state index in [0.29, 0.717) is 42.8 Å². The summed E-state index contributed by atoms with van der Waals surface area (Å²) in [6.07, 6.45) is 1.09. The maximum atomic E-state index is 12.0. The van der Waals surface area contributed by atoms with Crippen molar-refractivity contribution in [3.63, 3.8) is 0 Å². The summed E-state index contributed by atoms with van der Waals surface area (Å²) >= 11 is 5.83. The lowest BCUT2D eigenvalue weighted by Gasteiger charge is -2.11. The van der Waals surface area contributed by atoms with Crippen LogP contribution in [0.2, 0.25) is 5.02 Å². The van der Waals surface area contributed by atoms with Gasteiger partial charge >= 0.3 is 0 Å². The van der Waals surface area contributed by atoms with Gasteiger partial charge < -0.3 is 20.4 Å². The van der Waals surface area contributed by atoms with Crippen molar-refractivity contribution in [2.24, 2.45) is 4.99 Å². The number of hydrogen-bond acceptors (Lipinski definition) is 4. The Morgan fingerprint density at radius 1 is 1.22 bits per heavy atom. The zero-order chi connectivity index (χ0) is 19.6. The summed E-state index contributed by atoms with van der Waals surface area (Å²) in [5, 5.41) is 9.86. The summed E-state index contributed by atoms with van der Waals surface area (Å²) in [5.74, 6) is 2.03. The highest BCUT2D eigenvalue weighted by molar-refractivity contribution is 6.30. The molecule has 7 nitrogen and oxygen atoms in total. The van der Waals surface area contributed by atoms with Gasteiger partial charge in [-0.2, -0.15) is 0 Å². The lowest BCUT2D eigenvalue weighted by Crippen LogP contribution is -2.38. The molecule has 0 unspecified atom stereocenters. The molecule has 0 aliphatic carbocycles. The van der Waals surface area contributed by atoms with Crippen LogP contribution in [0, 0.1) is 13.8 Å². The van der Waals surface area contributed by atoms with Gasteiger partial charge in [-0.3, -0.25) is 4.79 Å². The summed E-state index contributed by atoms with van der Waals surface area (Å²) < 4.78 is 5.53. The molecule has 0 spiro atoms. The third-order valence-electron chi connectivity index (χ3n) is 3.79. The Hall–Kier alpha value is -2.54. The third-order valence-corrected chi connectivity index (χ3v) is 4.04. The fourth-order valence-electron chi connectivity index (χ4n) is 2.31. The molecule has 2 aromatic rings. The second kappa shape index (κ2) is 10.6. The molecule has 0 fully saturated rings. The number of guanidine groups is 1. The van der Waals surface area contributed by atoms with Crippen molar-refractivity contribution >= 4 is 29.2 Å². The molecule has 27 heavy (non-hydrogen) atoms. The van der Waals surface area contributed by atoms with Crippen molar-refractivity contribution in [2.45, 2.75) is 40.2 Å². The molecule has 1 aromatic carbocycles. The van der Waals surface area contributed by atoms with Crippen LogP contribution < -0.4 is 16.0 Å². The number of rotatable bonds is 8. The normalized spacial score (nSPS) is 11.3. The Morgan fingerprint density at radius 3 is 2.59 bits per heavy atom. The SMILES string of the molecule is CCNC(=NCc1nc(C)c(C)o1)NCCCC(=O)Nc1ccc(Cl)cc1. The van der Waals surface area contributed by atoms with Gasteiger partial charge in [-0.15, -0.1) is 0 Å². The molecule has 0 atom stereocenters. The highest BCUT2D eigenvalue weighted by Gasteiger charge is 2.06. The molecule has 0 bridgehead atoms. The zero-order valence-corrected chi connectivity index (χ0v) is 16.7. The lowest BCUT2D eigenvalue weighted by molar-refractivity contribution is -0.116. The monoisotopic (exact) mass is 391 g/mol. The minimum Gasteiger partial charge on any atom is -0.444 e. The van der Waals surface area contributed by atoms with Crippen LogP contribution in [0.5, 0.6) is 0 Å². The zero-order valence-electron chi connectivity index (χ0n) is 15.9. The van der Waals surface area contributed by atoms with E-state index < -0.39 is 0 Å². The maximum absolute atomic E-state index is 12.0. The number of carbonyl (C=O) groups excluding carboxylic acids is 1. The Morgan fingerprint density at radius 2 is 1.96 bits per heavy atom. The predicted octanol–water partition coefficient (Wildman–Crippen LogP) is 3.42. The van der Waals surface area contributed by atoms with E-state index in [4.69, 9.17) is 16.0 Å². The number of amides is 1. The molecular formula is C19H26ClN5O2. The van der Waals surface area contributed by atoms with Gasteiger partial charge in [0.05, 0.1) is 5.69 Å². The van der Waals surface area contributed by atoms with Crippen LogP contribution in [0.1, 0.15) is 37.1 Å². The van der Waals surface area contributed by atoms with Crippen molar-refractivity contribution in [1.29, 1.82) is 0 Å². The van der Waals surface area contributed by atoms with Crippen LogP contribution in [0.15, 0.2) is 33.7 Å². The molecule has 0 aliphatic heterocycles. The van der Waals surface area contributed by atoms with E-state index in [1.807, 2.05) is 20.8 Å². The highest BCUT2D eigenvalue weighted by atomic mass is 35.5. The van der Waals surface area contributed by atoms with Gasteiger partial charge in [-0.1, -0.05) is 11.6 Å². The Labute approximate surface area is 164 Å². The van der Waals surface area contributed by atoms with Gasteiger partial charge in [0.1, 0.15) is 12.3 Å². The van der Waals surface area contributed by atoms with Crippen molar-refractivity contribution in [3.05, 3.63) is 46.6 Å². The van der Waals surface area contributed by atoms with Crippen LogP contribution in [0.3, 0.4) is 0 Å². The van der Waals surface area contributed by atoms with Gasteiger partial charge in [0.25, 0.3) is 0 Å². The van der Waals surface area contributed by atoms with Gasteiger partial charge in [-0.05, 0) is 51.5 Å². The molecule has 1 amide bonds. The third kappa shape index (κ3) is 7.30. The largest absolute Gasteiger partial charge is 0.444 e. The molecule has 0 saturated carbocycles. The fourth-order valence-corrected chi connectivity index (χ4v) is 2.43. The second-order valence-electron chi connectivity index (χ2n) is 6.03. The molecule has 1 heterocycles. The summed E-state index contributed by atoms with van der Waals surface area (Å²) in [6.45, 7) is 7.52. The maximum Gasteiger partial charge on any atom is 0.224 e. The van der Waals surface area contributed by atoms with Gasteiger partial charge in [-0.25, -0.2) is 9.98 Å². The number of nitrogens with one attached hydrogen (secondary N) is 3. The Kier molecular flexibility index (Phi) is 8.13. The topological polar surface area (TPSA) is 91.6 Å². The predicted molar refractivity (Wildman–Crippen MR) is 108 cm³/mol. The summed E-state index contributed by atoms with van der Waals surface area (Å²) in [5.41, 5.74) is 1.62. The summed E-state index contributed by atoms with van der Waals surface area (Å²) in [6, 6.07) is 7.05. The number of carbonyl (C=O) groups is 1. The Bertz CT molecular complexity index is 751. The number of oxazole rings is 1. The van der Waals surface area contributed by atoms with E-state index in [-0.39, 0.29) is 5.91 Å². The molecule has 0 aliphatic rings. The standard InChI is InChI=1S/C19H26ClN5O2/c1-4-21-19(23-12-18-24-13(2)14(3)27-18)22-11-5-6-17(26)25-16-9-7-15(20)8-10-16/h7-10H,4-6,11-12H2,1-3H3,(H,25,26)(H2,21,22,23). The lowest BCUT2D eigenvalue weighted by atomic mass is 10.2. The number of hydrogen-bond donors (Lipinski definition) is 3. The number of aromatic nitrogens is 1. The summed E-state index contributed by atoms with van der Waals surface area (Å²) in [7, 11) is 0. The van der Waals surface area contributed by atoms with Crippen molar-refractivity contribution in [2.75, 3.05) is 18.4 Å². The smallest absolute Gasteiger partial charge is 0.224 e. The van der Waals surface area contributed by atoms with E-state index in [2.05, 4.69) is 25.9 Å². The number of aryl methyl sites for hydroxylation is 2. The number of benzene rings is 1. The van der Waals surface area contributed by atoms with E-state index in [1.54, 1.807) is 24.3 Å². The molecule has 8 heteroatoms. The average Bonchev–Trinajstić information content (AvgIpc) is 2.96. The van der Waals surface area contributed by atoms with Crippen LogP contribution >= 0.6 is 11.6 Å². The van der Waals surface area contributed by atoms with Crippen LogP contribution in [-0.4, -0.2) is 29.9 Å². The average molecular weight is 392 g/mol. The van der Waals surface area contributed by atoms with Gasteiger partial charge in [0.15, 0.2) is 5.96 Å². The van der Waals surface area contributed by atoms with E-state index in [9.17, 15) is 4.79 Å². The van der Waals surface area contributed by atoms with Crippen LogP contribution in [-0.2, 0) is 11.3 Å². The Balaban J connectivity index is 1.74. The van der Waals surface area contributed by atoms with Crippen molar-refractivity contribution in [1.82, 2.24) is 15.6 Å². The van der Waals surface area contributed by atoms with E-state index >= 15 is 0 Å². The molecule has 1 aromatic heterocycles. The second-order valence-corrected chi connectivity index (χ2v) is 6.47. The molecule has 2 rings (SSSR count). The van der Waals surface area contributed by atoms with Crippen molar-refractivity contribution < 1.29 is 9.21 Å². The van der Waals surface area contributed by atoms with Crippen molar-refractivity contribution in [3.8, 4) is 0 Å². The number of halogens is 1. The van der Waals surface area contributed by atoms with Gasteiger partial charge in [0.2, 0.25) is 11.8 Å². The number of anilines is 1. The molecule has 146 valence electrons. The molecule has 0 saturated heterocycles. The fraction of sp³-hybridized carbons (Fsp3) is 0.421. The first kappa shape index (κ1) is 20.8. The van der Waals surface area contributed by atoms with Gasteiger partial charge in [0, 0.05) is 30.2 Å². The van der Waals surface area contributed by atoms with Crippen LogP contribution in [0.4, 0.5) is 5.69 Å². The minimum atomic E-state index is -0.0354. The first-order chi connectivity index (χ1) is 13.0. The quantitative estimate of drug-likeness (QED) is 0.364. The number of aliphatic imine (C=N–C) groups is 1. The van der Waals surface area contributed by atoms with E-state index in [0.717, 1.165) is 23.7 Å². The molecule has 0 radical (unpaired) electrons. The summed E-state index contributed by atoms with van der Waals surface area (Å²) in [4.78, 5) is 20.7. The van der Waals surface area contributed by atoms with E-state index in [1.165, 1.54) is 0 Å². The highest BCUT2D eigenvalue weighted by Crippen LogP contribution is 2.13. The van der Waals surface area contributed by atoms with Crippen LogP contribution in [0.25, 0.3) is 0 Å². The first-order valence-corrected chi connectivity index (χ1v) is 9.36. The molecule has 3 N–H and O–H groups in total. The first-order valence-electron chi connectivity index (χ1n) is 8.98. The molecular weight excluding hydrogens is 366 g/mol.